The van der Waals surface area contributed by atoms with Gasteiger partial charge in [-0.1, -0.05) is 60.7 Å². The van der Waals surface area contributed by atoms with Crippen molar-refractivity contribution in [3.63, 3.8) is 0 Å². The first-order valence-corrected chi connectivity index (χ1v) is 9.03. The largest absolute Gasteiger partial charge is 0.367 e. The van der Waals surface area contributed by atoms with E-state index in [2.05, 4.69) is 58.7 Å². The number of nitrogens with zero attached hydrogens (tertiary/aromatic N) is 2. The molecule has 0 saturated carbocycles. The number of anilines is 1. The third kappa shape index (κ3) is 5.28. The maximum absolute atomic E-state index is 12.0. The average Bonchev–Trinajstić information content (AvgIpc) is 2.74. The van der Waals surface area contributed by atoms with Crippen molar-refractivity contribution in [3.8, 4) is 0 Å². The highest BCUT2D eigenvalue weighted by molar-refractivity contribution is 5.94. The number of benzene rings is 3. The normalized spacial score (nSPS) is 10.7. The quantitative estimate of drug-likeness (QED) is 0.501. The summed E-state index contributed by atoms with van der Waals surface area (Å²) in [5.41, 5.74) is 6.51. The second-order valence-corrected chi connectivity index (χ2v) is 6.16. The summed E-state index contributed by atoms with van der Waals surface area (Å²) < 4.78 is 0. The lowest BCUT2D eigenvalue weighted by Crippen LogP contribution is -2.21. The molecule has 4 nitrogen and oxygen atoms in total. The third-order valence-electron chi connectivity index (χ3n) is 4.27. The van der Waals surface area contributed by atoms with Crippen molar-refractivity contribution in [1.82, 2.24) is 5.43 Å². The van der Waals surface area contributed by atoms with Crippen LogP contribution in [0.4, 0.5) is 5.69 Å². The van der Waals surface area contributed by atoms with E-state index in [1.807, 2.05) is 36.4 Å². The number of hydrogen-bond donors (Lipinski definition) is 1. The van der Waals surface area contributed by atoms with Crippen LogP contribution in [0.3, 0.4) is 0 Å². The summed E-state index contributed by atoms with van der Waals surface area (Å²) in [6, 6.07) is 27.6. The average molecular weight is 357 g/mol. The second kappa shape index (κ2) is 9.34. The zero-order chi connectivity index (χ0) is 18.9. The zero-order valence-corrected chi connectivity index (χ0v) is 15.4. The topological polar surface area (TPSA) is 44.7 Å². The Morgan fingerprint density at radius 1 is 0.926 bits per heavy atom. The van der Waals surface area contributed by atoms with Crippen molar-refractivity contribution >= 4 is 17.8 Å². The van der Waals surface area contributed by atoms with Crippen LogP contribution >= 0.6 is 0 Å². The van der Waals surface area contributed by atoms with E-state index in [9.17, 15) is 4.79 Å². The lowest BCUT2D eigenvalue weighted by molar-refractivity contribution is 0.0955. The maximum Gasteiger partial charge on any atom is 0.271 e. The van der Waals surface area contributed by atoms with E-state index < -0.39 is 0 Å². The van der Waals surface area contributed by atoms with E-state index >= 15 is 0 Å². The summed E-state index contributed by atoms with van der Waals surface area (Å²) in [6.45, 7) is 3.95. The van der Waals surface area contributed by atoms with Gasteiger partial charge in [0.15, 0.2) is 0 Å². The van der Waals surface area contributed by atoms with Gasteiger partial charge in [0, 0.05) is 24.3 Å². The Morgan fingerprint density at radius 3 is 2.19 bits per heavy atom. The van der Waals surface area contributed by atoms with Gasteiger partial charge in [-0.15, -0.1) is 0 Å². The highest BCUT2D eigenvalue weighted by Gasteiger charge is 2.05. The van der Waals surface area contributed by atoms with Gasteiger partial charge in [0.1, 0.15) is 0 Å². The molecular weight excluding hydrogens is 334 g/mol. The molecule has 0 radical (unpaired) electrons. The fourth-order valence-corrected chi connectivity index (χ4v) is 2.78. The molecule has 0 aromatic heterocycles. The van der Waals surface area contributed by atoms with Gasteiger partial charge in [-0.05, 0) is 42.3 Å². The van der Waals surface area contributed by atoms with Crippen molar-refractivity contribution < 1.29 is 4.79 Å². The minimum absolute atomic E-state index is 0.219. The third-order valence-corrected chi connectivity index (χ3v) is 4.27. The minimum atomic E-state index is -0.219. The van der Waals surface area contributed by atoms with E-state index in [1.54, 1.807) is 18.3 Å². The fraction of sp³-hybridized carbons (Fsp3) is 0.130. The molecule has 0 aliphatic carbocycles. The first-order valence-electron chi connectivity index (χ1n) is 9.03. The zero-order valence-electron chi connectivity index (χ0n) is 15.4. The Morgan fingerprint density at radius 2 is 1.56 bits per heavy atom. The van der Waals surface area contributed by atoms with Gasteiger partial charge in [0.2, 0.25) is 0 Å². The number of nitrogens with one attached hydrogen (secondary N) is 1. The van der Waals surface area contributed by atoms with Crippen LogP contribution < -0.4 is 10.3 Å². The molecule has 0 fully saturated rings. The van der Waals surface area contributed by atoms with Crippen molar-refractivity contribution in [2.75, 3.05) is 11.4 Å². The molecule has 1 amide bonds. The maximum atomic E-state index is 12.0. The lowest BCUT2D eigenvalue weighted by Gasteiger charge is -2.23. The standard InChI is InChI=1S/C23H23N3O/c1-2-26(18-20-9-5-3-6-10-20)22-15-13-19(14-16-22)17-24-25-23(27)21-11-7-4-8-12-21/h3-17H,2,18H2,1H3,(H,25,27)/b24-17-. The second-order valence-electron chi connectivity index (χ2n) is 6.16. The van der Waals surface area contributed by atoms with Gasteiger partial charge in [-0.3, -0.25) is 4.79 Å². The fourth-order valence-electron chi connectivity index (χ4n) is 2.78. The van der Waals surface area contributed by atoms with Crippen LogP contribution in [-0.4, -0.2) is 18.7 Å². The smallest absolute Gasteiger partial charge is 0.271 e. The molecule has 0 bridgehead atoms. The number of amides is 1. The molecule has 0 spiro atoms. The van der Waals surface area contributed by atoms with Crippen LogP contribution in [0.15, 0.2) is 90.0 Å². The van der Waals surface area contributed by atoms with Crippen LogP contribution in [-0.2, 0) is 6.54 Å². The van der Waals surface area contributed by atoms with Crippen molar-refractivity contribution in [2.45, 2.75) is 13.5 Å². The number of hydrogen-bond acceptors (Lipinski definition) is 3. The molecule has 1 N–H and O–H groups in total. The molecule has 27 heavy (non-hydrogen) atoms. The van der Waals surface area contributed by atoms with E-state index in [0.29, 0.717) is 5.56 Å². The van der Waals surface area contributed by atoms with E-state index in [0.717, 1.165) is 24.3 Å². The Hall–Kier alpha value is -3.40. The van der Waals surface area contributed by atoms with E-state index in [-0.39, 0.29) is 5.91 Å². The van der Waals surface area contributed by atoms with Crippen LogP contribution in [0.2, 0.25) is 0 Å². The molecule has 0 unspecified atom stereocenters. The number of rotatable bonds is 7. The Bertz CT molecular complexity index is 875. The van der Waals surface area contributed by atoms with Gasteiger partial charge in [0.05, 0.1) is 6.21 Å². The molecule has 0 aliphatic heterocycles. The van der Waals surface area contributed by atoms with Crippen LogP contribution in [0.1, 0.15) is 28.4 Å². The summed E-state index contributed by atoms with van der Waals surface area (Å²) in [6.07, 6.45) is 1.65. The Labute approximate surface area is 160 Å². The van der Waals surface area contributed by atoms with Crippen molar-refractivity contribution in [3.05, 3.63) is 102 Å². The summed E-state index contributed by atoms with van der Waals surface area (Å²) in [5.74, 6) is -0.219. The number of carbonyl (C=O) groups is 1. The molecule has 0 aliphatic rings. The number of hydrazone groups is 1. The predicted molar refractivity (Wildman–Crippen MR) is 111 cm³/mol. The summed E-state index contributed by atoms with van der Waals surface area (Å²) in [7, 11) is 0. The van der Waals surface area contributed by atoms with E-state index in [4.69, 9.17) is 0 Å². The van der Waals surface area contributed by atoms with Crippen molar-refractivity contribution in [2.24, 2.45) is 5.10 Å². The monoisotopic (exact) mass is 357 g/mol. The van der Waals surface area contributed by atoms with Crippen LogP contribution in [0.25, 0.3) is 0 Å². The predicted octanol–water partition coefficient (Wildman–Crippen LogP) is 4.48. The van der Waals surface area contributed by atoms with Crippen LogP contribution in [0, 0.1) is 0 Å². The summed E-state index contributed by atoms with van der Waals surface area (Å²) in [4.78, 5) is 14.3. The molecule has 0 atom stereocenters. The Balaban J connectivity index is 1.60. The molecule has 4 heteroatoms. The molecule has 3 aromatic carbocycles. The molecule has 3 rings (SSSR count). The Kier molecular flexibility index (Phi) is 6.36. The van der Waals surface area contributed by atoms with Gasteiger partial charge >= 0.3 is 0 Å². The molecule has 3 aromatic rings. The highest BCUT2D eigenvalue weighted by atomic mass is 16.2. The molecule has 136 valence electrons. The highest BCUT2D eigenvalue weighted by Crippen LogP contribution is 2.17. The van der Waals surface area contributed by atoms with Gasteiger partial charge in [-0.25, -0.2) is 5.43 Å². The van der Waals surface area contributed by atoms with Gasteiger partial charge in [-0.2, -0.15) is 5.10 Å². The van der Waals surface area contributed by atoms with Crippen molar-refractivity contribution in [1.29, 1.82) is 0 Å². The first-order chi connectivity index (χ1) is 13.3. The molecular formula is C23H23N3O. The number of carbonyl (C=O) groups excluding carboxylic acids is 1. The van der Waals surface area contributed by atoms with Gasteiger partial charge in [0.25, 0.3) is 5.91 Å². The SMILES string of the molecule is CCN(Cc1ccccc1)c1ccc(/C=N\NC(=O)c2ccccc2)cc1. The molecule has 0 heterocycles. The van der Waals surface area contributed by atoms with E-state index in [1.165, 1.54) is 5.56 Å². The first kappa shape index (κ1) is 18.4. The molecule has 0 saturated heterocycles. The lowest BCUT2D eigenvalue weighted by atomic mass is 10.1. The summed E-state index contributed by atoms with van der Waals surface area (Å²) >= 11 is 0. The van der Waals surface area contributed by atoms with Crippen LogP contribution in [0.5, 0.6) is 0 Å². The summed E-state index contributed by atoms with van der Waals surface area (Å²) in [5, 5.41) is 4.04. The minimum Gasteiger partial charge on any atom is -0.367 e. The van der Waals surface area contributed by atoms with Gasteiger partial charge < -0.3 is 4.90 Å².